The third-order valence-corrected chi connectivity index (χ3v) is 4.01. The number of rotatable bonds is 3. The SMILES string of the molecule is NC(=O)C1(Oc2cccc3cccnc23)CCCCC1. The second-order valence-corrected chi connectivity index (χ2v) is 5.35. The fraction of sp³-hybridized carbons (Fsp3) is 0.375. The van der Waals surface area contributed by atoms with Crippen molar-refractivity contribution in [3.05, 3.63) is 36.5 Å². The van der Waals surface area contributed by atoms with Gasteiger partial charge in [-0.3, -0.25) is 9.78 Å². The Morgan fingerprint density at radius 2 is 1.90 bits per heavy atom. The Balaban J connectivity index is 2.00. The third kappa shape index (κ3) is 2.22. The van der Waals surface area contributed by atoms with Crippen molar-refractivity contribution in [2.75, 3.05) is 0 Å². The number of para-hydroxylation sites is 1. The van der Waals surface area contributed by atoms with E-state index in [2.05, 4.69) is 4.98 Å². The number of fused-ring (bicyclic) bond motifs is 1. The summed E-state index contributed by atoms with van der Waals surface area (Å²) in [5, 5.41) is 1.00. The number of ether oxygens (including phenoxy) is 1. The van der Waals surface area contributed by atoms with Crippen LogP contribution in [0.3, 0.4) is 0 Å². The summed E-state index contributed by atoms with van der Waals surface area (Å²) in [6.07, 6.45) is 6.18. The number of nitrogens with two attached hydrogens (primary N) is 1. The molecule has 2 aromatic rings. The number of benzene rings is 1. The fourth-order valence-corrected chi connectivity index (χ4v) is 2.89. The number of carbonyl (C=O) groups excluding carboxylic acids is 1. The number of hydrogen-bond donors (Lipinski definition) is 1. The Morgan fingerprint density at radius 1 is 1.15 bits per heavy atom. The van der Waals surface area contributed by atoms with Crippen molar-refractivity contribution in [2.24, 2.45) is 5.73 Å². The molecule has 1 amide bonds. The van der Waals surface area contributed by atoms with Crippen LogP contribution < -0.4 is 10.5 Å². The number of hydrogen-bond acceptors (Lipinski definition) is 3. The summed E-state index contributed by atoms with van der Waals surface area (Å²) in [5.74, 6) is 0.272. The lowest BCUT2D eigenvalue weighted by Crippen LogP contribution is -2.50. The van der Waals surface area contributed by atoms with Crippen LogP contribution in [0.2, 0.25) is 0 Å². The van der Waals surface area contributed by atoms with E-state index in [-0.39, 0.29) is 5.91 Å². The van der Waals surface area contributed by atoms with Gasteiger partial charge in [-0.15, -0.1) is 0 Å². The van der Waals surface area contributed by atoms with Gasteiger partial charge in [0.1, 0.15) is 11.3 Å². The van der Waals surface area contributed by atoms with Crippen LogP contribution in [-0.4, -0.2) is 16.5 Å². The summed E-state index contributed by atoms with van der Waals surface area (Å²) in [7, 11) is 0. The topological polar surface area (TPSA) is 65.2 Å². The molecule has 20 heavy (non-hydrogen) atoms. The zero-order chi connectivity index (χ0) is 14.0. The van der Waals surface area contributed by atoms with Gasteiger partial charge in [-0.1, -0.05) is 24.6 Å². The molecule has 1 aliphatic rings. The van der Waals surface area contributed by atoms with Gasteiger partial charge in [0.2, 0.25) is 0 Å². The van der Waals surface area contributed by atoms with Gasteiger partial charge in [-0.2, -0.15) is 0 Å². The van der Waals surface area contributed by atoms with Gasteiger partial charge in [-0.05, 0) is 37.8 Å². The molecule has 1 aromatic heterocycles. The molecular formula is C16H18N2O2. The lowest BCUT2D eigenvalue weighted by Gasteiger charge is -2.34. The largest absolute Gasteiger partial charge is 0.475 e. The van der Waals surface area contributed by atoms with Crippen LogP contribution in [0.25, 0.3) is 10.9 Å². The maximum absolute atomic E-state index is 11.9. The number of amides is 1. The van der Waals surface area contributed by atoms with Gasteiger partial charge >= 0.3 is 0 Å². The normalized spacial score (nSPS) is 17.8. The number of pyridine rings is 1. The second-order valence-electron chi connectivity index (χ2n) is 5.35. The van der Waals surface area contributed by atoms with Crippen LogP contribution in [0, 0.1) is 0 Å². The lowest BCUT2D eigenvalue weighted by atomic mass is 9.84. The van der Waals surface area contributed by atoms with Gasteiger partial charge in [-0.25, -0.2) is 0 Å². The number of aromatic nitrogens is 1. The molecule has 2 N–H and O–H groups in total. The number of carbonyl (C=O) groups is 1. The molecule has 1 fully saturated rings. The van der Waals surface area contributed by atoms with Crippen LogP contribution in [0.5, 0.6) is 5.75 Å². The maximum Gasteiger partial charge on any atom is 0.261 e. The summed E-state index contributed by atoms with van der Waals surface area (Å²) in [4.78, 5) is 16.3. The fourth-order valence-electron chi connectivity index (χ4n) is 2.89. The predicted octanol–water partition coefficient (Wildman–Crippen LogP) is 2.80. The van der Waals surface area contributed by atoms with E-state index < -0.39 is 5.60 Å². The highest BCUT2D eigenvalue weighted by Gasteiger charge is 2.40. The minimum Gasteiger partial charge on any atom is -0.475 e. The van der Waals surface area contributed by atoms with Crippen LogP contribution >= 0.6 is 0 Å². The first-order valence-electron chi connectivity index (χ1n) is 7.04. The van der Waals surface area contributed by atoms with E-state index in [1.54, 1.807) is 6.20 Å². The molecule has 4 nitrogen and oxygen atoms in total. The van der Waals surface area contributed by atoms with Gasteiger partial charge in [0.05, 0.1) is 0 Å². The summed E-state index contributed by atoms with van der Waals surface area (Å²) >= 11 is 0. The molecule has 0 saturated heterocycles. The molecule has 4 heteroatoms. The van der Waals surface area contributed by atoms with Gasteiger partial charge in [0, 0.05) is 11.6 Å². The van der Waals surface area contributed by atoms with Gasteiger partial charge < -0.3 is 10.5 Å². The molecule has 0 unspecified atom stereocenters. The van der Waals surface area contributed by atoms with Crippen molar-refractivity contribution in [1.82, 2.24) is 4.98 Å². The van der Waals surface area contributed by atoms with Gasteiger partial charge in [0.15, 0.2) is 5.60 Å². The molecular weight excluding hydrogens is 252 g/mol. The molecule has 0 radical (unpaired) electrons. The molecule has 0 bridgehead atoms. The average Bonchev–Trinajstić information content (AvgIpc) is 2.48. The standard InChI is InChI=1S/C16H18N2O2/c17-15(19)16(9-2-1-3-10-16)20-13-8-4-6-12-7-5-11-18-14(12)13/h4-8,11H,1-3,9-10H2,(H2,17,19). The Morgan fingerprint density at radius 3 is 2.65 bits per heavy atom. The van der Waals surface area contributed by atoms with Crippen molar-refractivity contribution < 1.29 is 9.53 Å². The monoisotopic (exact) mass is 270 g/mol. The molecule has 1 aliphatic carbocycles. The molecule has 1 saturated carbocycles. The zero-order valence-electron chi connectivity index (χ0n) is 11.3. The highest BCUT2D eigenvalue weighted by molar-refractivity contribution is 5.87. The Bertz CT molecular complexity index is 628. The highest BCUT2D eigenvalue weighted by Crippen LogP contribution is 2.35. The molecule has 104 valence electrons. The Kier molecular flexibility index (Phi) is 3.30. The van der Waals surface area contributed by atoms with E-state index in [0.717, 1.165) is 30.2 Å². The molecule has 1 heterocycles. The molecule has 0 aliphatic heterocycles. The zero-order valence-corrected chi connectivity index (χ0v) is 11.3. The summed E-state index contributed by atoms with van der Waals surface area (Å²) in [5.41, 5.74) is 5.52. The van der Waals surface area contributed by atoms with Crippen molar-refractivity contribution in [3.8, 4) is 5.75 Å². The number of primary amides is 1. The molecule has 0 atom stereocenters. The van der Waals surface area contributed by atoms with Crippen LogP contribution in [0.15, 0.2) is 36.5 Å². The van der Waals surface area contributed by atoms with Crippen molar-refractivity contribution in [2.45, 2.75) is 37.7 Å². The lowest BCUT2D eigenvalue weighted by molar-refractivity contribution is -0.136. The average molecular weight is 270 g/mol. The number of nitrogens with zero attached hydrogens (tertiary/aromatic N) is 1. The molecule has 3 rings (SSSR count). The second kappa shape index (κ2) is 5.12. The highest BCUT2D eigenvalue weighted by atomic mass is 16.5. The van der Waals surface area contributed by atoms with Crippen molar-refractivity contribution in [1.29, 1.82) is 0 Å². The van der Waals surface area contributed by atoms with E-state index in [1.165, 1.54) is 0 Å². The Labute approximate surface area is 117 Å². The third-order valence-electron chi connectivity index (χ3n) is 4.01. The van der Waals surface area contributed by atoms with E-state index in [4.69, 9.17) is 10.5 Å². The van der Waals surface area contributed by atoms with Crippen molar-refractivity contribution in [3.63, 3.8) is 0 Å². The molecule has 1 aromatic carbocycles. The summed E-state index contributed by atoms with van der Waals surface area (Å²) < 4.78 is 6.08. The summed E-state index contributed by atoms with van der Waals surface area (Å²) in [6, 6.07) is 9.61. The maximum atomic E-state index is 11.9. The predicted molar refractivity (Wildman–Crippen MR) is 77.4 cm³/mol. The van der Waals surface area contributed by atoms with E-state index in [9.17, 15) is 4.79 Å². The minimum absolute atomic E-state index is 0.370. The molecule has 0 spiro atoms. The van der Waals surface area contributed by atoms with Crippen LogP contribution in [0.1, 0.15) is 32.1 Å². The Hall–Kier alpha value is -2.10. The van der Waals surface area contributed by atoms with Crippen molar-refractivity contribution >= 4 is 16.8 Å². The first kappa shape index (κ1) is 12.9. The first-order chi connectivity index (χ1) is 9.71. The quantitative estimate of drug-likeness (QED) is 0.932. The van der Waals surface area contributed by atoms with Crippen LogP contribution in [0.4, 0.5) is 0 Å². The minimum atomic E-state index is -0.871. The van der Waals surface area contributed by atoms with Crippen LogP contribution in [-0.2, 0) is 4.79 Å². The summed E-state index contributed by atoms with van der Waals surface area (Å²) in [6.45, 7) is 0. The van der Waals surface area contributed by atoms with E-state index in [1.807, 2.05) is 30.3 Å². The smallest absolute Gasteiger partial charge is 0.261 e. The van der Waals surface area contributed by atoms with E-state index in [0.29, 0.717) is 18.6 Å². The van der Waals surface area contributed by atoms with E-state index >= 15 is 0 Å². The van der Waals surface area contributed by atoms with Gasteiger partial charge in [0.25, 0.3) is 5.91 Å². The first-order valence-corrected chi connectivity index (χ1v) is 7.04.